The van der Waals surface area contributed by atoms with Crippen molar-refractivity contribution in [1.82, 2.24) is 4.72 Å². The molecular weight excluding hydrogens is 250 g/mol. The number of hydrogen-bond donors (Lipinski definition) is 3. The summed E-state index contributed by atoms with van der Waals surface area (Å²) in [5, 5.41) is 17.5. The van der Waals surface area contributed by atoms with Crippen LogP contribution in [0, 0.1) is 13.8 Å². The van der Waals surface area contributed by atoms with Crippen LogP contribution in [0.2, 0.25) is 0 Å². The van der Waals surface area contributed by atoms with Crippen molar-refractivity contribution >= 4 is 16.0 Å². The minimum atomic E-state index is -3.99. The van der Waals surface area contributed by atoms with Crippen LogP contribution in [-0.2, 0) is 10.0 Å². The molecular formula is C9H13NO6S. The third-order valence-corrected chi connectivity index (χ3v) is 3.70. The Bertz CT molecular complexity index is 530. The molecule has 0 aliphatic rings. The number of aryl methyl sites for hydroxylation is 2. The van der Waals surface area contributed by atoms with E-state index in [0.29, 0.717) is 0 Å². The third kappa shape index (κ3) is 2.65. The van der Waals surface area contributed by atoms with Crippen LogP contribution in [0.1, 0.15) is 21.9 Å². The second-order valence-corrected chi connectivity index (χ2v) is 5.05. The molecule has 0 aromatic carbocycles. The number of hydrogen-bond acceptors (Lipinski definition) is 5. The highest BCUT2D eigenvalue weighted by atomic mass is 32.2. The van der Waals surface area contributed by atoms with Gasteiger partial charge in [0.25, 0.3) is 0 Å². The number of furan rings is 1. The summed E-state index contributed by atoms with van der Waals surface area (Å²) in [5.41, 5.74) is -0.382. The van der Waals surface area contributed by atoms with Crippen LogP contribution in [0.5, 0.6) is 0 Å². The minimum absolute atomic E-state index is 0.00494. The minimum Gasteiger partial charge on any atom is -0.478 e. The number of aromatic carboxylic acids is 1. The lowest BCUT2D eigenvalue weighted by molar-refractivity contribution is 0.0691. The van der Waals surface area contributed by atoms with Crippen molar-refractivity contribution in [2.45, 2.75) is 18.7 Å². The van der Waals surface area contributed by atoms with E-state index in [0.717, 1.165) is 0 Å². The molecule has 1 heterocycles. The second-order valence-electron chi connectivity index (χ2n) is 3.35. The van der Waals surface area contributed by atoms with Crippen molar-refractivity contribution in [3.63, 3.8) is 0 Å². The standard InChI is InChI=1S/C9H13NO6S/c1-5-7(9(12)13)8(6(2)16-5)17(14,15)10-3-4-11/h10-11H,3-4H2,1-2H3,(H,12,13). The van der Waals surface area contributed by atoms with Gasteiger partial charge in [0, 0.05) is 6.54 Å². The number of rotatable bonds is 5. The van der Waals surface area contributed by atoms with Gasteiger partial charge in [-0.25, -0.2) is 17.9 Å². The molecule has 0 saturated carbocycles. The zero-order valence-electron chi connectivity index (χ0n) is 9.35. The molecule has 0 amide bonds. The first kappa shape index (κ1) is 13.7. The molecule has 1 aromatic heterocycles. The predicted molar refractivity (Wildman–Crippen MR) is 57.4 cm³/mol. The molecule has 17 heavy (non-hydrogen) atoms. The summed E-state index contributed by atoms with van der Waals surface area (Å²) in [6, 6.07) is 0. The van der Waals surface area contributed by atoms with Gasteiger partial charge < -0.3 is 14.6 Å². The van der Waals surface area contributed by atoms with E-state index in [1.54, 1.807) is 0 Å². The molecule has 1 aromatic rings. The molecule has 0 unspecified atom stereocenters. The molecule has 7 nitrogen and oxygen atoms in total. The van der Waals surface area contributed by atoms with Crippen LogP contribution in [0.25, 0.3) is 0 Å². The Morgan fingerprint density at radius 3 is 2.41 bits per heavy atom. The molecule has 3 N–H and O–H groups in total. The highest BCUT2D eigenvalue weighted by Crippen LogP contribution is 2.26. The molecule has 0 saturated heterocycles. The SMILES string of the molecule is Cc1oc(C)c(S(=O)(=O)NCCO)c1C(=O)O. The third-order valence-electron chi connectivity index (χ3n) is 2.09. The molecule has 1 rings (SSSR count). The maximum atomic E-state index is 11.8. The second kappa shape index (κ2) is 4.86. The first-order chi connectivity index (χ1) is 7.81. The summed E-state index contributed by atoms with van der Waals surface area (Å²) in [5.74, 6) is -1.34. The lowest BCUT2D eigenvalue weighted by atomic mass is 10.2. The monoisotopic (exact) mass is 263 g/mol. The van der Waals surface area contributed by atoms with E-state index in [9.17, 15) is 13.2 Å². The van der Waals surface area contributed by atoms with Gasteiger partial charge in [0.1, 0.15) is 22.0 Å². The largest absolute Gasteiger partial charge is 0.478 e. The van der Waals surface area contributed by atoms with Crippen LogP contribution in [0.4, 0.5) is 0 Å². The highest BCUT2D eigenvalue weighted by Gasteiger charge is 2.30. The van der Waals surface area contributed by atoms with Gasteiger partial charge in [0.15, 0.2) is 0 Å². The molecule has 0 radical (unpaired) electrons. The lowest BCUT2D eigenvalue weighted by Crippen LogP contribution is -2.28. The number of nitrogens with one attached hydrogen (secondary N) is 1. The normalized spacial score (nSPS) is 11.7. The van der Waals surface area contributed by atoms with E-state index in [1.165, 1.54) is 13.8 Å². The summed E-state index contributed by atoms with van der Waals surface area (Å²) in [4.78, 5) is 10.6. The van der Waals surface area contributed by atoms with E-state index in [-0.39, 0.29) is 30.2 Å². The number of aliphatic hydroxyl groups is 1. The first-order valence-corrected chi connectivity index (χ1v) is 6.23. The average Bonchev–Trinajstić information content (AvgIpc) is 2.51. The van der Waals surface area contributed by atoms with Gasteiger partial charge in [-0.3, -0.25) is 0 Å². The van der Waals surface area contributed by atoms with Crippen molar-refractivity contribution in [3.8, 4) is 0 Å². The van der Waals surface area contributed by atoms with Crippen LogP contribution in [0.3, 0.4) is 0 Å². The van der Waals surface area contributed by atoms with Gasteiger partial charge in [-0.2, -0.15) is 0 Å². The van der Waals surface area contributed by atoms with Gasteiger partial charge in [-0.05, 0) is 13.8 Å². The van der Waals surface area contributed by atoms with Crippen molar-refractivity contribution in [1.29, 1.82) is 0 Å². The van der Waals surface area contributed by atoms with Crippen molar-refractivity contribution in [2.75, 3.05) is 13.2 Å². The van der Waals surface area contributed by atoms with Crippen molar-refractivity contribution in [2.24, 2.45) is 0 Å². The Kier molecular flexibility index (Phi) is 3.91. The number of carboxylic acids is 1. The Hall–Kier alpha value is -1.38. The van der Waals surface area contributed by atoms with Crippen LogP contribution < -0.4 is 4.72 Å². The van der Waals surface area contributed by atoms with Crippen LogP contribution in [0.15, 0.2) is 9.31 Å². The molecule has 0 spiro atoms. The molecule has 0 bridgehead atoms. The maximum Gasteiger partial charge on any atom is 0.340 e. The Labute approximate surface area is 98.1 Å². The molecule has 8 heteroatoms. The summed E-state index contributed by atoms with van der Waals surface area (Å²) in [6.45, 7) is 2.18. The first-order valence-electron chi connectivity index (χ1n) is 4.75. The fraction of sp³-hybridized carbons (Fsp3) is 0.444. The van der Waals surface area contributed by atoms with Crippen molar-refractivity contribution in [3.05, 3.63) is 17.1 Å². The summed E-state index contributed by atoms with van der Waals surface area (Å²) in [6.07, 6.45) is 0. The van der Waals surface area contributed by atoms with E-state index in [1.807, 2.05) is 0 Å². The van der Waals surface area contributed by atoms with Crippen LogP contribution in [-0.4, -0.2) is 37.8 Å². The van der Waals surface area contributed by atoms with Gasteiger partial charge in [-0.1, -0.05) is 0 Å². The zero-order chi connectivity index (χ0) is 13.2. The molecule has 0 aliphatic carbocycles. The fourth-order valence-electron chi connectivity index (χ4n) is 1.49. The average molecular weight is 263 g/mol. The van der Waals surface area contributed by atoms with E-state index >= 15 is 0 Å². The quantitative estimate of drug-likeness (QED) is 0.681. The number of carbonyl (C=O) groups is 1. The Balaban J connectivity index is 3.35. The Morgan fingerprint density at radius 2 is 1.94 bits per heavy atom. The fourth-order valence-corrected chi connectivity index (χ4v) is 2.91. The number of carboxylic acid groups (broad SMARTS) is 1. The molecule has 0 atom stereocenters. The molecule has 96 valence electrons. The summed E-state index contributed by atoms with van der Waals surface area (Å²) in [7, 11) is -3.99. The zero-order valence-corrected chi connectivity index (χ0v) is 10.2. The topological polar surface area (TPSA) is 117 Å². The lowest BCUT2D eigenvalue weighted by Gasteiger charge is -2.05. The smallest absolute Gasteiger partial charge is 0.340 e. The number of aliphatic hydroxyl groups excluding tert-OH is 1. The van der Waals surface area contributed by atoms with Gasteiger partial charge in [0.05, 0.1) is 6.61 Å². The maximum absolute atomic E-state index is 11.8. The predicted octanol–water partition coefficient (Wildman–Crippen LogP) is -0.135. The molecule has 0 aliphatic heterocycles. The van der Waals surface area contributed by atoms with Gasteiger partial charge in [-0.15, -0.1) is 0 Å². The Morgan fingerprint density at radius 1 is 1.35 bits per heavy atom. The van der Waals surface area contributed by atoms with E-state index in [4.69, 9.17) is 14.6 Å². The van der Waals surface area contributed by atoms with Gasteiger partial charge >= 0.3 is 5.97 Å². The highest BCUT2D eigenvalue weighted by molar-refractivity contribution is 7.89. The summed E-state index contributed by atoms with van der Waals surface area (Å²) >= 11 is 0. The summed E-state index contributed by atoms with van der Waals surface area (Å²) < 4.78 is 30.7. The van der Waals surface area contributed by atoms with Crippen LogP contribution >= 0.6 is 0 Å². The van der Waals surface area contributed by atoms with Crippen molar-refractivity contribution < 1.29 is 27.8 Å². The van der Waals surface area contributed by atoms with E-state index < -0.39 is 20.9 Å². The van der Waals surface area contributed by atoms with E-state index in [2.05, 4.69) is 4.72 Å². The number of sulfonamides is 1. The van der Waals surface area contributed by atoms with Gasteiger partial charge in [0.2, 0.25) is 10.0 Å². The molecule has 0 fully saturated rings.